The SMILES string of the molecule is COc1cc2nc(C(Cl)=Cc3ccc(-c4cc(Cl)ccc4Cl)o3)[nH]c(=O)c2cc1OC. The highest BCUT2D eigenvalue weighted by molar-refractivity contribution is 6.50. The fourth-order valence-electron chi connectivity index (χ4n) is 3.03. The summed E-state index contributed by atoms with van der Waals surface area (Å²) in [5.41, 5.74) is 0.704. The van der Waals surface area contributed by atoms with Gasteiger partial charge in [0, 0.05) is 22.7 Å². The molecule has 0 saturated heterocycles. The lowest BCUT2D eigenvalue weighted by Gasteiger charge is -2.09. The van der Waals surface area contributed by atoms with Crippen LogP contribution < -0.4 is 15.0 Å². The van der Waals surface area contributed by atoms with E-state index in [0.717, 1.165) is 0 Å². The van der Waals surface area contributed by atoms with Crippen molar-refractivity contribution < 1.29 is 13.9 Å². The van der Waals surface area contributed by atoms with Gasteiger partial charge in [-0.1, -0.05) is 34.8 Å². The number of rotatable bonds is 5. The van der Waals surface area contributed by atoms with Gasteiger partial charge in [0.1, 0.15) is 11.5 Å². The summed E-state index contributed by atoms with van der Waals surface area (Å²) in [5.74, 6) is 2.05. The van der Waals surface area contributed by atoms with Crippen molar-refractivity contribution in [1.29, 1.82) is 0 Å². The zero-order valence-electron chi connectivity index (χ0n) is 16.3. The average molecular weight is 478 g/mol. The number of fused-ring (bicyclic) bond motifs is 1. The molecule has 2 aromatic heterocycles. The quantitative estimate of drug-likeness (QED) is 0.368. The molecule has 0 aliphatic carbocycles. The standard InChI is InChI=1S/C22H15Cl3N2O4/c1-29-19-9-14-17(10-20(19)30-2)26-21(27-22(14)28)16(25)8-12-4-6-18(31-12)13-7-11(23)3-5-15(13)24/h3-10H,1-2H3,(H,26,27,28). The molecule has 0 amide bonds. The van der Waals surface area contributed by atoms with Crippen LogP contribution >= 0.6 is 34.8 Å². The van der Waals surface area contributed by atoms with Crippen LogP contribution in [0.1, 0.15) is 11.6 Å². The van der Waals surface area contributed by atoms with Crippen LogP contribution in [0, 0.1) is 0 Å². The lowest BCUT2D eigenvalue weighted by atomic mass is 10.2. The second-order valence-corrected chi connectivity index (χ2v) is 7.71. The number of methoxy groups -OCH3 is 2. The lowest BCUT2D eigenvalue weighted by Crippen LogP contribution is -2.11. The number of nitrogens with zero attached hydrogens (tertiary/aromatic N) is 1. The van der Waals surface area contributed by atoms with E-state index in [1.165, 1.54) is 14.2 Å². The Morgan fingerprint density at radius 1 is 1.06 bits per heavy atom. The predicted molar refractivity (Wildman–Crippen MR) is 123 cm³/mol. The number of benzene rings is 2. The molecule has 2 aromatic carbocycles. The van der Waals surface area contributed by atoms with E-state index in [1.54, 1.807) is 48.5 Å². The molecule has 0 fully saturated rings. The molecule has 0 spiro atoms. The monoisotopic (exact) mass is 476 g/mol. The number of H-pyrrole nitrogens is 1. The Balaban J connectivity index is 1.72. The second-order valence-electron chi connectivity index (χ2n) is 6.46. The van der Waals surface area contributed by atoms with Crippen molar-refractivity contribution in [3.8, 4) is 22.8 Å². The van der Waals surface area contributed by atoms with E-state index < -0.39 is 0 Å². The van der Waals surface area contributed by atoms with E-state index >= 15 is 0 Å². The van der Waals surface area contributed by atoms with Gasteiger partial charge in [-0.2, -0.15) is 0 Å². The molecule has 31 heavy (non-hydrogen) atoms. The molecule has 0 atom stereocenters. The highest BCUT2D eigenvalue weighted by Gasteiger charge is 2.14. The molecule has 0 unspecified atom stereocenters. The third-order valence-corrected chi connectivity index (χ3v) is 5.38. The van der Waals surface area contributed by atoms with E-state index in [0.29, 0.717) is 49.5 Å². The van der Waals surface area contributed by atoms with Crippen LogP contribution in [0.2, 0.25) is 10.0 Å². The van der Waals surface area contributed by atoms with E-state index in [2.05, 4.69) is 9.97 Å². The van der Waals surface area contributed by atoms with Crippen molar-refractivity contribution in [1.82, 2.24) is 9.97 Å². The molecule has 6 nitrogen and oxygen atoms in total. The van der Waals surface area contributed by atoms with Gasteiger partial charge in [0.25, 0.3) is 5.56 Å². The van der Waals surface area contributed by atoms with Crippen LogP contribution in [0.3, 0.4) is 0 Å². The van der Waals surface area contributed by atoms with E-state index in [-0.39, 0.29) is 16.4 Å². The summed E-state index contributed by atoms with van der Waals surface area (Å²) in [6.07, 6.45) is 1.55. The van der Waals surface area contributed by atoms with Crippen LogP contribution in [-0.2, 0) is 0 Å². The van der Waals surface area contributed by atoms with Crippen molar-refractivity contribution in [3.63, 3.8) is 0 Å². The summed E-state index contributed by atoms with van der Waals surface area (Å²) in [7, 11) is 3.00. The minimum Gasteiger partial charge on any atom is -0.493 e. The third-order valence-electron chi connectivity index (χ3n) is 4.53. The normalized spacial score (nSPS) is 11.7. The van der Waals surface area contributed by atoms with Crippen molar-refractivity contribution in [2.75, 3.05) is 14.2 Å². The summed E-state index contributed by atoms with van der Waals surface area (Å²) in [5, 5.41) is 1.58. The molecule has 1 N–H and O–H groups in total. The molecule has 158 valence electrons. The molecule has 2 heterocycles. The first-order valence-electron chi connectivity index (χ1n) is 8.98. The van der Waals surface area contributed by atoms with Crippen molar-refractivity contribution in [2.45, 2.75) is 0 Å². The fraction of sp³-hybridized carbons (Fsp3) is 0.0909. The summed E-state index contributed by atoms with van der Waals surface area (Å²) in [6.45, 7) is 0. The Morgan fingerprint density at radius 2 is 1.81 bits per heavy atom. The molecule has 4 aromatic rings. The van der Waals surface area contributed by atoms with Crippen molar-refractivity contribution in [2.24, 2.45) is 0 Å². The Bertz CT molecular complexity index is 1380. The number of ether oxygens (including phenoxy) is 2. The Hall–Kier alpha value is -2.93. The largest absolute Gasteiger partial charge is 0.493 e. The maximum atomic E-state index is 12.6. The molecular formula is C22H15Cl3N2O4. The molecule has 9 heteroatoms. The van der Waals surface area contributed by atoms with Gasteiger partial charge in [0.15, 0.2) is 17.3 Å². The summed E-state index contributed by atoms with van der Waals surface area (Å²) in [6, 6.07) is 11.8. The number of hydrogen-bond acceptors (Lipinski definition) is 5. The Morgan fingerprint density at radius 3 is 2.55 bits per heavy atom. The first kappa shape index (κ1) is 21.3. The first-order valence-corrected chi connectivity index (χ1v) is 10.1. The molecule has 0 bridgehead atoms. The van der Waals surface area contributed by atoms with Crippen LogP contribution in [-0.4, -0.2) is 24.2 Å². The Labute approximate surface area is 192 Å². The van der Waals surface area contributed by atoms with Gasteiger partial charge in [-0.05, 0) is 36.4 Å². The summed E-state index contributed by atoms with van der Waals surface area (Å²) < 4.78 is 16.3. The fourth-order valence-corrected chi connectivity index (χ4v) is 3.61. The number of halogens is 3. The van der Waals surface area contributed by atoms with Gasteiger partial charge in [0.2, 0.25) is 0 Å². The number of hydrogen-bond donors (Lipinski definition) is 1. The number of aromatic amines is 1. The zero-order valence-corrected chi connectivity index (χ0v) is 18.6. The minimum atomic E-state index is -0.363. The average Bonchev–Trinajstić information content (AvgIpc) is 3.22. The Kier molecular flexibility index (Phi) is 5.96. The van der Waals surface area contributed by atoms with E-state index in [9.17, 15) is 4.79 Å². The molecule has 0 radical (unpaired) electrons. The lowest BCUT2D eigenvalue weighted by molar-refractivity contribution is 0.355. The van der Waals surface area contributed by atoms with Gasteiger partial charge in [0.05, 0.1) is 35.2 Å². The molecule has 4 rings (SSSR count). The molecule has 0 saturated carbocycles. The van der Waals surface area contributed by atoms with Crippen LogP contribution in [0.15, 0.2) is 51.7 Å². The van der Waals surface area contributed by atoms with Gasteiger partial charge in [-0.25, -0.2) is 4.98 Å². The topological polar surface area (TPSA) is 77.4 Å². The smallest absolute Gasteiger partial charge is 0.259 e. The maximum Gasteiger partial charge on any atom is 0.259 e. The predicted octanol–water partition coefficient (Wildman–Crippen LogP) is 6.24. The molecular weight excluding hydrogens is 463 g/mol. The van der Waals surface area contributed by atoms with Gasteiger partial charge in [-0.3, -0.25) is 4.79 Å². The summed E-state index contributed by atoms with van der Waals surface area (Å²) >= 11 is 18.7. The van der Waals surface area contributed by atoms with Crippen LogP contribution in [0.5, 0.6) is 11.5 Å². The molecule has 0 aliphatic rings. The van der Waals surface area contributed by atoms with Gasteiger partial charge in [-0.15, -0.1) is 0 Å². The van der Waals surface area contributed by atoms with Crippen LogP contribution in [0.4, 0.5) is 0 Å². The van der Waals surface area contributed by atoms with Crippen molar-refractivity contribution >= 4 is 56.8 Å². The van der Waals surface area contributed by atoms with Crippen molar-refractivity contribution in [3.05, 3.63) is 74.4 Å². The third kappa shape index (κ3) is 4.28. The van der Waals surface area contributed by atoms with E-state index in [1.807, 2.05) is 0 Å². The highest BCUT2D eigenvalue weighted by atomic mass is 35.5. The van der Waals surface area contributed by atoms with Crippen LogP contribution in [0.25, 0.3) is 33.3 Å². The highest BCUT2D eigenvalue weighted by Crippen LogP contribution is 2.33. The number of furan rings is 1. The summed E-state index contributed by atoms with van der Waals surface area (Å²) in [4.78, 5) is 19.7. The second kappa shape index (κ2) is 8.67. The first-order chi connectivity index (χ1) is 14.9. The number of aromatic nitrogens is 2. The number of nitrogens with one attached hydrogen (secondary N) is 1. The van der Waals surface area contributed by atoms with E-state index in [4.69, 9.17) is 48.7 Å². The van der Waals surface area contributed by atoms with Gasteiger partial charge < -0.3 is 18.9 Å². The molecule has 0 aliphatic heterocycles. The van der Waals surface area contributed by atoms with Gasteiger partial charge >= 0.3 is 0 Å². The maximum absolute atomic E-state index is 12.6. The zero-order chi connectivity index (χ0) is 22.1. The minimum absolute atomic E-state index is 0.185.